The van der Waals surface area contributed by atoms with Crippen molar-refractivity contribution in [3.8, 4) is 0 Å². The third kappa shape index (κ3) is 4.23. The Balaban J connectivity index is 1.74. The summed E-state index contributed by atoms with van der Waals surface area (Å²) in [6.45, 7) is 10.0. The van der Waals surface area contributed by atoms with E-state index in [1.54, 1.807) is 25.1 Å². The van der Waals surface area contributed by atoms with Crippen LogP contribution in [0.3, 0.4) is 0 Å². The number of carbonyl (C=O) groups is 2. The summed E-state index contributed by atoms with van der Waals surface area (Å²) in [5.74, 6) is -1.62. The number of hydrogen-bond donors (Lipinski definition) is 3. The zero-order chi connectivity index (χ0) is 26.5. The topological polar surface area (TPSA) is 70.2 Å². The molecule has 0 aromatic heterocycles. The molecule has 192 valence electrons. The first-order chi connectivity index (χ1) is 17.5. The summed E-state index contributed by atoms with van der Waals surface area (Å²) < 4.78 is 15.9. The van der Waals surface area contributed by atoms with Crippen molar-refractivity contribution in [2.75, 3.05) is 10.6 Å². The van der Waals surface area contributed by atoms with Crippen LogP contribution >= 0.6 is 0 Å². The van der Waals surface area contributed by atoms with E-state index in [4.69, 9.17) is 0 Å². The number of rotatable bonds is 4. The van der Waals surface area contributed by atoms with Gasteiger partial charge in [0.2, 0.25) is 11.8 Å². The molecule has 5 rings (SSSR count). The summed E-state index contributed by atoms with van der Waals surface area (Å²) in [5.41, 5.74) is 2.75. The van der Waals surface area contributed by atoms with Crippen LogP contribution in [-0.4, -0.2) is 23.9 Å². The Morgan fingerprint density at radius 1 is 1.03 bits per heavy atom. The minimum absolute atomic E-state index is 0.154. The van der Waals surface area contributed by atoms with Gasteiger partial charge in [0.25, 0.3) is 0 Å². The quantitative estimate of drug-likeness (QED) is 0.423. The molecule has 1 saturated heterocycles. The van der Waals surface area contributed by atoms with Crippen molar-refractivity contribution in [2.45, 2.75) is 64.5 Å². The van der Waals surface area contributed by atoms with E-state index in [0.717, 1.165) is 16.8 Å². The molecule has 0 saturated carbocycles. The molecule has 0 aliphatic carbocycles. The summed E-state index contributed by atoms with van der Waals surface area (Å²) in [6, 6.07) is 19.1. The fraction of sp³-hybridized carbons (Fsp3) is 0.355. The fourth-order valence-electron chi connectivity index (χ4n) is 6.19. The van der Waals surface area contributed by atoms with E-state index in [0.29, 0.717) is 23.2 Å². The number of aryl methyl sites for hydroxylation is 2. The molecule has 0 bridgehead atoms. The van der Waals surface area contributed by atoms with Gasteiger partial charge in [-0.1, -0.05) is 69.3 Å². The van der Waals surface area contributed by atoms with Gasteiger partial charge in [0.1, 0.15) is 11.2 Å². The smallest absolute Gasteiger partial charge is 0.242 e. The summed E-state index contributed by atoms with van der Waals surface area (Å²) >= 11 is 0. The molecule has 1 fully saturated rings. The van der Waals surface area contributed by atoms with E-state index in [1.165, 1.54) is 0 Å². The number of nitrogens with one attached hydrogen (secondary N) is 3. The predicted molar refractivity (Wildman–Crippen MR) is 145 cm³/mol. The van der Waals surface area contributed by atoms with Crippen molar-refractivity contribution < 1.29 is 14.0 Å². The molecule has 2 unspecified atom stereocenters. The number of benzene rings is 3. The molecular formula is C31H34FN3O2. The highest BCUT2D eigenvalue weighted by molar-refractivity contribution is 6.10. The molecule has 6 heteroatoms. The summed E-state index contributed by atoms with van der Waals surface area (Å²) in [7, 11) is 0. The van der Waals surface area contributed by atoms with Crippen LogP contribution in [0, 0.1) is 25.1 Å². The van der Waals surface area contributed by atoms with E-state index in [1.807, 2.05) is 55.5 Å². The third-order valence-electron chi connectivity index (χ3n) is 7.70. The van der Waals surface area contributed by atoms with Gasteiger partial charge in [-0.05, 0) is 66.1 Å². The average molecular weight is 500 g/mol. The van der Waals surface area contributed by atoms with E-state index in [-0.39, 0.29) is 23.0 Å². The van der Waals surface area contributed by atoms with Crippen molar-refractivity contribution in [3.05, 3.63) is 94.8 Å². The monoisotopic (exact) mass is 499 g/mol. The molecular weight excluding hydrogens is 465 g/mol. The maximum atomic E-state index is 15.9. The molecule has 2 aliphatic heterocycles. The minimum Gasteiger partial charge on any atom is -0.325 e. The van der Waals surface area contributed by atoms with Gasteiger partial charge in [-0.3, -0.25) is 9.59 Å². The molecule has 4 atom stereocenters. The van der Waals surface area contributed by atoms with Crippen LogP contribution in [0.25, 0.3) is 0 Å². The SMILES string of the molecule is Cc1ccc2c(c1)NC(=O)[C@@]21C(CC(C)(C)C)N[C@@H](C(=O)Nc2ccccc2)C1c1cccc(C)c1F. The van der Waals surface area contributed by atoms with Crippen molar-refractivity contribution in [1.82, 2.24) is 5.32 Å². The van der Waals surface area contributed by atoms with E-state index >= 15 is 4.39 Å². The van der Waals surface area contributed by atoms with Gasteiger partial charge in [0.15, 0.2) is 0 Å². The largest absolute Gasteiger partial charge is 0.325 e. The molecule has 2 aliphatic rings. The molecule has 37 heavy (non-hydrogen) atoms. The van der Waals surface area contributed by atoms with Gasteiger partial charge >= 0.3 is 0 Å². The molecule has 5 nitrogen and oxygen atoms in total. The van der Waals surface area contributed by atoms with Crippen molar-refractivity contribution in [2.24, 2.45) is 5.41 Å². The third-order valence-corrected chi connectivity index (χ3v) is 7.70. The lowest BCUT2D eigenvalue weighted by Gasteiger charge is -2.37. The Hall–Kier alpha value is -3.51. The fourth-order valence-corrected chi connectivity index (χ4v) is 6.19. The molecule has 1 spiro atoms. The van der Waals surface area contributed by atoms with Crippen LogP contribution in [0.1, 0.15) is 55.4 Å². The second kappa shape index (κ2) is 9.10. The first-order valence-electron chi connectivity index (χ1n) is 12.8. The van der Waals surface area contributed by atoms with Crippen LogP contribution in [0.4, 0.5) is 15.8 Å². The molecule has 3 N–H and O–H groups in total. The van der Waals surface area contributed by atoms with Crippen LogP contribution in [0.15, 0.2) is 66.7 Å². The standard InChI is InChI=1S/C31H34FN3O2/c1-18-14-15-22-23(16-18)34-29(37)31(22)24(17-30(3,4)5)35-27(28(36)33-20-11-7-6-8-12-20)25(31)21-13-9-10-19(2)26(21)32/h6-16,24-25,27,35H,17H2,1-5H3,(H,33,36)(H,34,37)/t24?,25?,27-,31-/m1/s1. The van der Waals surface area contributed by atoms with Crippen molar-refractivity contribution >= 4 is 23.2 Å². The zero-order valence-electron chi connectivity index (χ0n) is 22.0. The second-order valence-corrected chi connectivity index (χ2v) is 11.6. The lowest BCUT2D eigenvalue weighted by Crippen LogP contribution is -2.49. The van der Waals surface area contributed by atoms with E-state index in [9.17, 15) is 9.59 Å². The summed E-state index contributed by atoms with van der Waals surface area (Å²) in [5, 5.41) is 9.64. The lowest BCUT2D eigenvalue weighted by atomic mass is 9.62. The van der Waals surface area contributed by atoms with Crippen molar-refractivity contribution in [3.63, 3.8) is 0 Å². The van der Waals surface area contributed by atoms with E-state index < -0.39 is 23.4 Å². The lowest BCUT2D eigenvalue weighted by molar-refractivity contribution is -0.122. The number of amides is 2. The van der Waals surface area contributed by atoms with Gasteiger partial charge in [0.05, 0.1) is 6.04 Å². The van der Waals surface area contributed by atoms with Gasteiger partial charge in [-0.2, -0.15) is 0 Å². The number of para-hydroxylation sites is 1. The van der Waals surface area contributed by atoms with Crippen LogP contribution in [0.5, 0.6) is 0 Å². The Morgan fingerprint density at radius 2 is 1.76 bits per heavy atom. The van der Waals surface area contributed by atoms with E-state index in [2.05, 4.69) is 36.7 Å². The number of hydrogen-bond acceptors (Lipinski definition) is 3. The number of carbonyl (C=O) groups excluding carboxylic acids is 2. The Kier molecular flexibility index (Phi) is 6.19. The highest BCUT2D eigenvalue weighted by Gasteiger charge is 2.66. The van der Waals surface area contributed by atoms with Gasteiger partial charge in [0, 0.05) is 23.3 Å². The van der Waals surface area contributed by atoms with Crippen LogP contribution in [-0.2, 0) is 15.0 Å². The molecule has 0 radical (unpaired) electrons. The summed E-state index contributed by atoms with van der Waals surface area (Å²) in [6.07, 6.45) is 0.618. The van der Waals surface area contributed by atoms with Gasteiger partial charge in [-0.15, -0.1) is 0 Å². The minimum atomic E-state index is -1.16. The zero-order valence-corrected chi connectivity index (χ0v) is 22.0. The predicted octanol–water partition coefficient (Wildman–Crippen LogP) is 5.83. The van der Waals surface area contributed by atoms with Gasteiger partial charge < -0.3 is 16.0 Å². The Bertz CT molecular complexity index is 1360. The molecule has 3 aromatic carbocycles. The normalized spacial score (nSPS) is 24.7. The number of anilines is 2. The van der Waals surface area contributed by atoms with Crippen LogP contribution < -0.4 is 16.0 Å². The Labute approximate surface area is 217 Å². The molecule has 3 aromatic rings. The van der Waals surface area contributed by atoms with Gasteiger partial charge in [-0.25, -0.2) is 4.39 Å². The first kappa shape index (κ1) is 25.2. The second-order valence-electron chi connectivity index (χ2n) is 11.6. The average Bonchev–Trinajstić information content (AvgIpc) is 3.30. The maximum Gasteiger partial charge on any atom is 0.242 e. The van der Waals surface area contributed by atoms with Crippen LogP contribution in [0.2, 0.25) is 0 Å². The summed E-state index contributed by atoms with van der Waals surface area (Å²) in [4.78, 5) is 28.1. The number of halogens is 1. The maximum absolute atomic E-state index is 15.9. The van der Waals surface area contributed by atoms with Crippen molar-refractivity contribution in [1.29, 1.82) is 0 Å². The highest BCUT2D eigenvalue weighted by Crippen LogP contribution is 2.56. The Morgan fingerprint density at radius 3 is 2.46 bits per heavy atom. The molecule has 2 amide bonds. The number of fused-ring (bicyclic) bond motifs is 2. The first-order valence-corrected chi connectivity index (χ1v) is 12.8. The molecule has 2 heterocycles. The highest BCUT2D eigenvalue weighted by atomic mass is 19.1.